The summed E-state index contributed by atoms with van der Waals surface area (Å²) in [7, 11) is 0. The molecular weight excluding hydrogens is 452 g/mol. The number of carbonyl (C=O) groups is 5. The van der Waals surface area contributed by atoms with Crippen LogP contribution in [0.15, 0.2) is 5.10 Å². The second-order valence-corrected chi connectivity index (χ2v) is 7.80. The third-order valence-electron chi connectivity index (χ3n) is 4.43. The van der Waals surface area contributed by atoms with Gasteiger partial charge in [0.05, 0.1) is 18.6 Å². The number of carboxylic acids is 2. The number of carbonyl (C=O) groups excluding carboxylic acids is 3. The molecule has 0 aliphatic carbocycles. The summed E-state index contributed by atoms with van der Waals surface area (Å²) in [5, 5.41) is 37.4. The first kappa shape index (κ1) is 27.1. The van der Waals surface area contributed by atoms with Crippen molar-refractivity contribution in [3.63, 3.8) is 0 Å². The monoisotopic (exact) mass is 478 g/mol. The van der Waals surface area contributed by atoms with Crippen LogP contribution in [0.5, 0.6) is 0 Å². The summed E-state index contributed by atoms with van der Waals surface area (Å²) in [4.78, 5) is 57.5. The van der Waals surface area contributed by atoms with Crippen molar-refractivity contribution in [2.45, 2.75) is 43.6 Å². The molecule has 9 N–H and O–H groups in total. The van der Waals surface area contributed by atoms with Crippen molar-refractivity contribution in [2.24, 2.45) is 16.7 Å². The predicted octanol–water partition coefficient (Wildman–Crippen LogP) is -3.47. The number of rotatable bonds is 12. The van der Waals surface area contributed by atoms with Gasteiger partial charge < -0.3 is 42.4 Å². The summed E-state index contributed by atoms with van der Waals surface area (Å²) in [5.74, 6) is -0.159. The van der Waals surface area contributed by atoms with Crippen LogP contribution in [0.25, 0.3) is 0 Å². The number of nitrogens with two attached hydrogens (primary N) is 2. The summed E-state index contributed by atoms with van der Waals surface area (Å²) in [6, 6.07) is -4.93. The molecule has 32 heavy (non-hydrogen) atoms. The highest BCUT2D eigenvalue weighted by molar-refractivity contribution is 7.99. The highest BCUT2D eigenvalue weighted by atomic mass is 32.2. The lowest BCUT2D eigenvalue weighted by molar-refractivity contribution is -0.165. The van der Waals surface area contributed by atoms with Crippen molar-refractivity contribution in [1.29, 1.82) is 0 Å². The van der Waals surface area contributed by atoms with Crippen LogP contribution in [0.2, 0.25) is 0 Å². The molecule has 1 rings (SSSR count). The van der Waals surface area contributed by atoms with Gasteiger partial charge in [-0.05, 0) is 0 Å². The predicted molar refractivity (Wildman–Crippen MR) is 110 cm³/mol. The zero-order valence-electron chi connectivity index (χ0n) is 17.0. The number of hydroxylamine groups is 2. The molecule has 1 aliphatic heterocycles. The first-order valence-corrected chi connectivity index (χ1v) is 10.4. The van der Waals surface area contributed by atoms with Gasteiger partial charge >= 0.3 is 17.9 Å². The minimum absolute atomic E-state index is 0.00868. The molecular formula is C16H26N6O9S. The van der Waals surface area contributed by atoms with E-state index < -0.39 is 66.5 Å². The molecule has 0 aromatic rings. The Hall–Kier alpha value is -2.95. The fraction of sp³-hybridized carbons (Fsp3) is 0.625. The molecule has 1 fully saturated rings. The van der Waals surface area contributed by atoms with E-state index in [4.69, 9.17) is 16.3 Å². The molecule has 0 aromatic carbocycles. The van der Waals surface area contributed by atoms with Gasteiger partial charge in [-0.2, -0.15) is 21.9 Å². The Labute approximate surface area is 186 Å². The number of ether oxygens (including phenoxy) is 1. The lowest BCUT2D eigenvalue weighted by Crippen LogP contribution is -2.55. The molecule has 1 saturated heterocycles. The Morgan fingerprint density at radius 2 is 1.91 bits per heavy atom. The second-order valence-electron chi connectivity index (χ2n) is 6.72. The first-order valence-electron chi connectivity index (χ1n) is 9.22. The van der Waals surface area contributed by atoms with Crippen LogP contribution in [0.1, 0.15) is 13.3 Å². The van der Waals surface area contributed by atoms with E-state index in [1.54, 1.807) is 0 Å². The van der Waals surface area contributed by atoms with Crippen LogP contribution in [0, 0.1) is 0 Å². The van der Waals surface area contributed by atoms with Crippen LogP contribution in [0.4, 0.5) is 0 Å². The molecule has 15 nitrogen and oxygen atoms in total. The van der Waals surface area contributed by atoms with Gasteiger partial charge in [-0.3, -0.25) is 9.59 Å². The van der Waals surface area contributed by atoms with Crippen LogP contribution in [0.3, 0.4) is 0 Å². The molecule has 180 valence electrons. The third kappa shape index (κ3) is 7.95. The van der Waals surface area contributed by atoms with Gasteiger partial charge in [0, 0.05) is 24.9 Å². The summed E-state index contributed by atoms with van der Waals surface area (Å²) in [5.41, 5.74) is 5.20. The van der Waals surface area contributed by atoms with Crippen molar-refractivity contribution in [2.75, 3.05) is 18.1 Å². The average molecular weight is 478 g/mol. The highest BCUT2D eigenvalue weighted by Crippen LogP contribution is 2.30. The van der Waals surface area contributed by atoms with Gasteiger partial charge in [0.25, 0.3) is 0 Å². The Morgan fingerprint density at radius 3 is 2.41 bits per heavy atom. The van der Waals surface area contributed by atoms with E-state index in [0.717, 1.165) is 18.7 Å². The summed E-state index contributed by atoms with van der Waals surface area (Å²) in [6.45, 7) is 0.681. The number of thioether (sulfide) groups is 1. The number of hydrogen-bond acceptors (Lipinski definition) is 12. The van der Waals surface area contributed by atoms with Gasteiger partial charge in [0.15, 0.2) is 0 Å². The fourth-order valence-corrected chi connectivity index (χ4v) is 4.25. The summed E-state index contributed by atoms with van der Waals surface area (Å²) >= 11 is 1.02. The van der Waals surface area contributed by atoms with Crippen LogP contribution in [-0.4, -0.2) is 105 Å². The molecule has 0 saturated carbocycles. The number of amides is 2. The fourth-order valence-electron chi connectivity index (χ4n) is 3.04. The lowest BCUT2D eigenvalue weighted by atomic mass is 10.0. The van der Waals surface area contributed by atoms with E-state index in [9.17, 15) is 39.4 Å². The summed E-state index contributed by atoms with van der Waals surface area (Å²) in [6.07, 6.45) is -0.535. The van der Waals surface area contributed by atoms with Crippen molar-refractivity contribution >= 4 is 47.7 Å². The van der Waals surface area contributed by atoms with E-state index >= 15 is 0 Å². The quantitative estimate of drug-likeness (QED) is 0.0624. The van der Waals surface area contributed by atoms with E-state index in [1.807, 2.05) is 0 Å². The smallest absolute Gasteiger partial charge is 0.351 e. The zero-order chi connectivity index (χ0) is 24.4. The Bertz CT molecular complexity index is 752. The van der Waals surface area contributed by atoms with Crippen LogP contribution in [-0.2, 0) is 28.7 Å². The van der Waals surface area contributed by atoms with Crippen LogP contribution >= 0.6 is 11.8 Å². The maximum absolute atomic E-state index is 11.8. The Kier molecular flexibility index (Phi) is 10.8. The topological polar surface area (TPSA) is 247 Å². The molecule has 16 heteroatoms. The number of nitrogens with one attached hydrogen (secondary N) is 2. The van der Waals surface area contributed by atoms with E-state index in [1.165, 1.54) is 0 Å². The van der Waals surface area contributed by atoms with Crippen molar-refractivity contribution in [1.82, 2.24) is 15.7 Å². The zero-order valence-corrected chi connectivity index (χ0v) is 17.9. The number of nitrogens with zero attached hydrogens (tertiary/aromatic N) is 2. The van der Waals surface area contributed by atoms with Gasteiger partial charge in [-0.15, -0.1) is 0 Å². The van der Waals surface area contributed by atoms with Gasteiger partial charge in [0.2, 0.25) is 11.8 Å². The van der Waals surface area contributed by atoms with Crippen molar-refractivity contribution in [3.8, 4) is 0 Å². The number of hydrazone groups is 1. The lowest BCUT2D eigenvalue weighted by Gasteiger charge is -2.28. The highest BCUT2D eigenvalue weighted by Gasteiger charge is 2.48. The van der Waals surface area contributed by atoms with Crippen LogP contribution < -0.4 is 22.2 Å². The molecule has 0 spiro atoms. The number of carboxylic acid groups (broad SMARTS) is 2. The summed E-state index contributed by atoms with van der Waals surface area (Å²) < 4.78 is 5.20. The normalized spacial score (nSPS) is 22.8. The van der Waals surface area contributed by atoms with E-state index in [-0.39, 0.29) is 17.9 Å². The number of aliphatic carboxylic acids is 2. The van der Waals surface area contributed by atoms with E-state index in [0.29, 0.717) is 11.3 Å². The molecule has 1 heterocycles. The molecule has 1 aliphatic rings. The second kappa shape index (κ2) is 12.8. The first-order chi connectivity index (χ1) is 15.0. The minimum Gasteiger partial charge on any atom is -0.480 e. The van der Waals surface area contributed by atoms with Gasteiger partial charge in [-0.25, -0.2) is 14.4 Å². The number of esters is 1. The van der Waals surface area contributed by atoms with Gasteiger partial charge in [-0.1, -0.05) is 0 Å². The molecule has 0 radical (unpaired) electrons. The standard InChI is InChI=1S/C16H26N6O9S/c1-7(23)20-8(15(26)27)5-32-6-10-11(31-13(25)4-19-18)2-9(22(10)30)14(16(28)29)21-12(24)3-17/h4,8-11,14,30H,2-3,5-6,17-18H2,1H3,(H,20,23)(H,21,24)(H,26,27)(H,28,29)/b19-4+. The molecule has 5 atom stereocenters. The maximum atomic E-state index is 11.8. The number of hydrogen-bond donors (Lipinski definition) is 7. The minimum atomic E-state index is -1.57. The average Bonchev–Trinajstić information content (AvgIpc) is 2.99. The maximum Gasteiger partial charge on any atom is 0.351 e. The van der Waals surface area contributed by atoms with E-state index in [2.05, 4.69) is 15.7 Å². The van der Waals surface area contributed by atoms with Crippen molar-refractivity contribution in [3.05, 3.63) is 0 Å². The molecule has 0 aromatic heterocycles. The molecule has 2 amide bonds. The molecule has 0 bridgehead atoms. The molecule has 5 unspecified atom stereocenters. The van der Waals surface area contributed by atoms with Crippen molar-refractivity contribution < 1.29 is 44.1 Å². The Balaban J connectivity index is 3.00. The SMILES string of the molecule is CC(=O)NC(CSCC1C(OC(=O)/C=N/N)CC(C(NC(=O)CN)C(=O)O)N1O)C(=O)O. The Morgan fingerprint density at radius 1 is 1.25 bits per heavy atom. The third-order valence-corrected chi connectivity index (χ3v) is 5.58. The van der Waals surface area contributed by atoms with Gasteiger partial charge in [0.1, 0.15) is 24.4 Å². The largest absolute Gasteiger partial charge is 0.480 e.